The maximum absolute atomic E-state index is 12.3. The molecule has 0 atom stereocenters. The van der Waals surface area contributed by atoms with E-state index in [9.17, 15) is 4.79 Å². The van der Waals surface area contributed by atoms with Crippen molar-refractivity contribution in [2.24, 2.45) is 5.92 Å². The summed E-state index contributed by atoms with van der Waals surface area (Å²) in [5.74, 6) is 0.648. The molecular weight excluding hydrogens is 284 g/mol. The lowest BCUT2D eigenvalue weighted by atomic mass is 9.96. The van der Waals surface area contributed by atoms with E-state index in [0.717, 1.165) is 30.4 Å². The molecule has 1 aromatic carbocycles. The molecule has 110 valence electrons. The van der Waals surface area contributed by atoms with E-state index in [0.29, 0.717) is 16.3 Å². The van der Waals surface area contributed by atoms with Crippen LogP contribution in [0.5, 0.6) is 0 Å². The molecule has 0 fully saturated rings. The lowest BCUT2D eigenvalue weighted by Crippen LogP contribution is -2.11. The number of benzene rings is 1. The quantitative estimate of drug-likeness (QED) is 0.761. The van der Waals surface area contributed by atoms with Gasteiger partial charge in [0.2, 0.25) is 0 Å². The molecule has 0 saturated carbocycles. The number of fused-ring (bicyclic) bond motifs is 3. The molecule has 3 rings (SSSR count). The van der Waals surface area contributed by atoms with E-state index in [-0.39, 0.29) is 5.56 Å². The standard InChI is InChI=1S/C17H19ClN2O/c1-3-11(4-2)10-12-8-9-20-14-7-5-6-13(18)15(14)17(21)19-16(12)20/h5-9,11H,3-4,10H2,1-2H3,(H,19,21). The third-order valence-corrected chi connectivity index (χ3v) is 4.66. The molecule has 2 aromatic heterocycles. The molecule has 3 nitrogen and oxygen atoms in total. The Labute approximate surface area is 128 Å². The minimum Gasteiger partial charge on any atom is -0.307 e. The van der Waals surface area contributed by atoms with Crippen molar-refractivity contribution < 1.29 is 0 Å². The van der Waals surface area contributed by atoms with Crippen molar-refractivity contribution in [3.63, 3.8) is 0 Å². The van der Waals surface area contributed by atoms with Gasteiger partial charge in [-0.3, -0.25) is 4.79 Å². The molecule has 21 heavy (non-hydrogen) atoms. The van der Waals surface area contributed by atoms with Crippen LogP contribution in [0, 0.1) is 5.92 Å². The second-order valence-electron chi connectivity index (χ2n) is 5.53. The fourth-order valence-corrected chi connectivity index (χ4v) is 3.23. The van der Waals surface area contributed by atoms with Crippen molar-refractivity contribution >= 4 is 28.2 Å². The molecule has 0 aliphatic rings. The number of aromatic nitrogens is 2. The van der Waals surface area contributed by atoms with Crippen molar-refractivity contribution in [2.45, 2.75) is 33.1 Å². The van der Waals surface area contributed by atoms with Crippen molar-refractivity contribution in [3.8, 4) is 0 Å². The minimum absolute atomic E-state index is 0.118. The maximum atomic E-state index is 12.3. The second-order valence-corrected chi connectivity index (χ2v) is 5.94. The molecule has 0 aliphatic carbocycles. The lowest BCUT2D eigenvalue weighted by Gasteiger charge is -2.11. The van der Waals surface area contributed by atoms with Crippen LogP contribution in [-0.2, 0) is 6.42 Å². The first kappa shape index (κ1) is 14.2. The number of nitrogens with one attached hydrogen (secondary N) is 1. The van der Waals surface area contributed by atoms with Crippen molar-refractivity contribution in [1.29, 1.82) is 0 Å². The van der Waals surface area contributed by atoms with Crippen LogP contribution in [0.3, 0.4) is 0 Å². The van der Waals surface area contributed by atoms with Crippen LogP contribution in [0.15, 0.2) is 35.3 Å². The van der Waals surface area contributed by atoms with Crippen LogP contribution in [0.1, 0.15) is 32.3 Å². The topological polar surface area (TPSA) is 37.3 Å². The maximum Gasteiger partial charge on any atom is 0.260 e. The van der Waals surface area contributed by atoms with Crippen LogP contribution >= 0.6 is 11.6 Å². The Kier molecular flexibility index (Phi) is 3.77. The number of H-pyrrole nitrogens is 1. The monoisotopic (exact) mass is 302 g/mol. The van der Waals surface area contributed by atoms with Gasteiger partial charge in [-0.2, -0.15) is 0 Å². The van der Waals surface area contributed by atoms with Gasteiger partial charge in [-0.15, -0.1) is 0 Å². The number of aromatic amines is 1. The highest BCUT2D eigenvalue weighted by Gasteiger charge is 2.13. The van der Waals surface area contributed by atoms with Gasteiger partial charge in [0.1, 0.15) is 5.65 Å². The van der Waals surface area contributed by atoms with Crippen molar-refractivity contribution in [3.05, 3.63) is 51.4 Å². The van der Waals surface area contributed by atoms with Crippen LogP contribution in [0.2, 0.25) is 5.02 Å². The molecule has 0 bridgehead atoms. The number of hydrogen-bond acceptors (Lipinski definition) is 1. The summed E-state index contributed by atoms with van der Waals surface area (Å²) in [5.41, 5.74) is 2.83. The summed E-state index contributed by atoms with van der Waals surface area (Å²) < 4.78 is 2.03. The van der Waals surface area contributed by atoms with Gasteiger partial charge in [0.15, 0.2) is 0 Å². The van der Waals surface area contributed by atoms with Crippen LogP contribution in [-0.4, -0.2) is 9.38 Å². The highest BCUT2D eigenvalue weighted by Crippen LogP contribution is 2.24. The molecule has 0 unspecified atom stereocenters. The van der Waals surface area contributed by atoms with Gasteiger partial charge in [0.05, 0.1) is 15.9 Å². The zero-order chi connectivity index (χ0) is 15.0. The summed E-state index contributed by atoms with van der Waals surface area (Å²) in [6, 6.07) is 7.66. The minimum atomic E-state index is -0.118. The third-order valence-electron chi connectivity index (χ3n) is 4.34. The summed E-state index contributed by atoms with van der Waals surface area (Å²) in [4.78, 5) is 15.3. The smallest absolute Gasteiger partial charge is 0.260 e. The summed E-state index contributed by atoms with van der Waals surface area (Å²) in [6.07, 6.45) is 5.31. The van der Waals surface area contributed by atoms with Crippen LogP contribution in [0.4, 0.5) is 0 Å². The van der Waals surface area contributed by atoms with Gasteiger partial charge in [0.25, 0.3) is 5.56 Å². The predicted octanol–water partition coefficient (Wildman–Crippen LogP) is 4.41. The van der Waals surface area contributed by atoms with E-state index in [1.807, 2.05) is 22.7 Å². The zero-order valence-electron chi connectivity index (χ0n) is 12.3. The number of rotatable bonds is 4. The SMILES string of the molecule is CCC(CC)Cc1ccn2c1[nH]c(=O)c1c(Cl)cccc12. The van der Waals surface area contributed by atoms with Crippen molar-refractivity contribution in [2.75, 3.05) is 0 Å². The van der Waals surface area contributed by atoms with Gasteiger partial charge in [-0.25, -0.2) is 0 Å². The predicted molar refractivity (Wildman–Crippen MR) is 88.3 cm³/mol. The van der Waals surface area contributed by atoms with E-state index < -0.39 is 0 Å². The second kappa shape index (κ2) is 5.57. The molecule has 0 spiro atoms. The summed E-state index contributed by atoms with van der Waals surface area (Å²) in [6.45, 7) is 4.43. The summed E-state index contributed by atoms with van der Waals surface area (Å²) >= 11 is 6.17. The molecule has 1 N–H and O–H groups in total. The molecule has 3 aromatic rings. The van der Waals surface area contributed by atoms with Crippen molar-refractivity contribution in [1.82, 2.24) is 9.38 Å². The van der Waals surface area contributed by atoms with Gasteiger partial charge >= 0.3 is 0 Å². The Balaban J connectivity index is 2.24. The first-order chi connectivity index (χ1) is 10.2. The Bertz CT molecular complexity index is 843. The Morgan fingerprint density at radius 3 is 2.71 bits per heavy atom. The van der Waals surface area contributed by atoms with Gasteiger partial charge in [-0.1, -0.05) is 44.4 Å². The summed E-state index contributed by atoms with van der Waals surface area (Å²) in [7, 11) is 0. The van der Waals surface area contributed by atoms with E-state index in [4.69, 9.17) is 11.6 Å². The normalized spacial score (nSPS) is 11.8. The highest BCUT2D eigenvalue weighted by atomic mass is 35.5. The summed E-state index contributed by atoms with van der Waals surface area (Å²) in [5, 5.41) is 1.04. The van der Waals surface area contributed by atoms with E-state index >= 15 is 0 Å². The van der Waals surface area contributed by atoms with Crippen LogP contribution in [0.25, 0.3) is 16.6 Å². The molecule has 0 radical (unpaired) electrons. The molecule has 0 amide bonds. The lowest BCUT2D eigenvalue weighted by molar-refractivity contribution is 0.492. The average Bonchev–Trinajstić information content (AvgIpc) is 2.87. The Morgan fingerprint density at radius 1 is 1.24 bits per heavy atom. The first-order valence-corrected chi connectivity index (χ1v) is 7.84. The Hall–Kier alpha value is -1.74. The van der Waals surface area contributed by atoms with E-state index in [1.54, 1.807) is 6.07 Å². The van der Waals surface area contributed by atoms with Gasteiger partial charge in [-0.05, 0) is 36.1 Å². The van der Waals surface area contributed by atoms with E-state index in [1.165, 1.54) is 5.56 Å². The molecular formula is C17H19ClN2O. The number of nitrogens with zero attached hydrogens (tertiary/aromatic N) is 1. The van der Waals surface area contributed by atoms with Gasteiger partial charge < -0.3 is 9.38 Å². The highest BCUT2D eigenvalue weighted by molar-refractivity contribution is 6.35. The first-order valence-electron chi connectivity index (χ1n) is 7.46. The van der Waals surface area contributed by atoms with E-state index in [2.05, 4.69) is 24.9 Å². The van der Waals surface area contributed by atoms with Gasteiger partial charge in [0, 0.05) is 6.20 Å². The number of halogens is 1. The zero-order valence-corrected chi connectivity index (χ0v) is 13.1. The molecule has 0 aliphatic heterocycles. The molecule has 4 heteroatoms. The van der Waals surface area contributed by atoms with Crippen LogP contribution < -0.4 is 5.56 Å². The Morgan fingerprint density at radius 2 is 2.00 bits per heavy atom. The largest absolute Gasteiger partial charge is 0.307 e. The third kappa shape index (κ3) is 2.36. The fourth-order valence-electron chi connectivity index (χ4n) is 2.98. The molecule has 0 saturated heterocycles. The average molecular weight is 303 g/mol. The number of hydrogen-bond donors (Lipinski definition) is 1. The molecule has 2 heterocycles. The fraction of sp³-hybridized carbons (Fsp3) is 0.353.